The van der Waals surface area contributed by atoms with Crippen LogP contribution in [0.4, 0.5) is 45.5 Å². The molecule has 0 saturated heterocycles. The number of rotatable bonds is 15. The molecule has 8 rings (SSSR count). The van der Waals surface area contributed by atoms with E-state index in [4.69, 9.17) is 14.2 Å². The summed E-state index contributed by atoms with van der Waals surface area (Å²) in [5.74, 6) is 1.00. The maximum atomic E-state index is 13.2. The summed E-state index contributed by atoms with van der Waals surface area (Å²) in [5.41, 5.74) is 5.83. The normalized spacial score (nSPS) is 11.5. The number of hydrogen-bond donors (Lipinski definition) is 3. The van der Waals surface area contributed by atoms with E-state index < -0.39 is 0 Å². The van der Waals surface area contributed by atoms with E-state index in [9.17, 15) is 14.7 Å². The molecule has 66 heavy (non-hydrogen) atoms. The lowest BCUT2D eigenvalue weighted by Crippen LogP contribution is -2.11. The van der Waals surface area contributed by atoms with Gasteiger partial charge in [-0.05, 0) is 133 Å². The van der Waals surface area contributed by atoms with E-state index in [1.54, 1.807) is 109 Å². The highest BCUT2D eigenvalue weighted by Gasteiger charge is 2.15. The Morgan fingerprint density at radius 3 is 1.70 bits per heavy atom. The van der Waals surface area contributed by atoms with Crippen LogP contribution < -0.4 is 24.8 Å². The van der Waals surface area contributed by atoms with E-state index in [0.29, 0.717) is 79.8 Å². The highest BCUT2D eigenvalue weighted by Crippen LogP contribution is 2.43. The van der Waals surface area contributed by atoms with Gasteiger partial charge in [0.15, 0.2) is 5.75 Å². The zero-order valence-corrected chi connectivity index (χ0v) is 36.5. The monoisotopic (exact) mass is 876 g/mol. The number of nitrogens with one attached hydrogen (secondary N) is 2. The third-order valence-corrected chi connectivity index (χ3v) is 10.4. The van der Waals surface area contributed by atoms with Gasteiger partial charge in [0, 0.05) is 45.4 Å². The summed E-state index contributed by atoms with van der Waals surface area (Å²) in [7, 11) is 3.00. The van der Waals surface area contributed by atoms with Gasteiger partial charge in [0.2, 0.25) is 0 Å². The summed E-state index contributed by atoms with van der Waals surface area (Å²) >= 11 is 0. The van der Waals surface area contributed by atoms with Gasteiger partial charge in [-0.25, -0.2) is 0 Å². The third kappa shape index (κ3) is 10.2. The molecule has 0 heterocycles. The number of nitrogens with zero attached hydrogens (tertiary/aromatic N) is 6. The SMILES string of the molecule is CCCOc1cccc2cc(NC(=O)c3ccc(N=Nc4ccc(N=Nc5cc(OC)c(N=Nc6ccc7cc(NC(=O)c8ccccc8)ccc7c6O)cc5OC)cc4)c(C)c3)ccc12. The van der Waals surface area contributed by atoms with Crippen LogP contribution in [0.2, 0.25) is 0 Å². The summed E-state index contributed by atoms with van der Waals surface area (Å²) < 4.78 is 17.1. The largest absolute Gasteiger partial charge is 0.505 e. The van der Waals surface area contributed by atoms with Crippen LogP contribution in [0.25, 0.3) is 21.5 Å². The lowest BCUT2D eigenvalue weighted by Gasteiger charge is -2.11. The van der Waals surface area contributed by atoms with Crippen molar-refractivity contribution < 1.29 is 28.9 Å². The van der Waals surface area contributed by atoms with Gasteiger partial charge in [-0.15, -0.1) is 15.3 Å². The minimum Gasteiger partial charge on any atom is -0.505 e. The number of aryl methyl sites for hydroxylation is 1. The van der Waals surface area contributed by atoms with Crippen LogP contribution in [-0.2, 0) is 0 Å². The second-order valence-corrected chi connectivity index (χ2v) is 15.0. The number of carbonyl (C=O) groups excluding carboxylic acids is 2. The second-order valence-electron chi connectivity index (χ2n) is 15.0. The molecule has 0 aromatic heterocycles. The number of carbonyl (C=O) groups is 2. The number of aromatic hydroxyl groups is 1. The number of ether oxygens (including phenoxy) is 3. The average molecular weight is 877 g/mol. The highest BCUT2D eigenvalue weighted by molar-refractivity contribution is 6.06. The zero-order chi connectivity index (χ0) is 46.0. The number of anilines is 2. The Hall–Kier alpha value is -8.78. The fourth-order valence-electron chi connectivity index (χ4n) is 6.97. The van der Waals surface area contributed by atoms with Crippen LogP contribution >= 0.6 is 0 Å². The molecule has 0 radical (unpaired) electrons. The molecule has 0 fully saturated rings. The van der Waals surface area contributed by atoms with Crippen molar-refractivity contribution in [3.63, 3.8) is 0 Å². The van der Waals surface area contributed by atoms with Crippen molar-refractivity contribution in [2.75, 3.05) is 31.5 Å². The van der Waals surface area contributed by atoms with Crippen molar-refractivity contribution in [3.05, 3.63) is 168 Å². The van der Waals surface area contributed by atoms with E-state index >= 15 is 0 Å². The van der Waals surface area contributed by atoms with Gasteiger partial charge in [0.05, 0.1) is 37.9 Å². The first kappa shape index (κ1) is 43.9. The van der Waals surface area contributed by atoms with Crippen LogP contribution in [0.1, 0.15) is 39.6 Å². The molecule has 0 spiro atoms. The van der Waals surface area contributed by atoms with Gasteiger partial charge in [-0.3, -0.25) is 9.59 Å². The fourth-order valence-corrected chi connectivity index (χ4v) is 6.97. The smallest absolute Gasteiger partial charge is 0.255 e. The topological polar surface area (TPSA) is 180 Å². The van der Waals surface area contributed by atoms with Gasteiger partial charge in [-0.1, -0.05) is 43.3 Å². The van der Waals surface area contributed by atoms with E-state index in [0.717, 1.165) is 28.5 Å². The Bertz CT molecular complexity index is 3170. The van der Waals surface area contributed by atoms with E-state index in [-0.39, 0.29) is 23.3 Å². The minimum atomic E-state index is -0.235. The van der Waals surface area contributed by atoms with Crippen LogP contribution in [0.15, 0.2) is 182 Å². The summed E-state index contributed by atoms with van der Waals surface area (Å²) in [4.78, 5) is 25.8. The standard InChI is InChI=1S/C52H44N8O6/c1-5-26-66-47-13-9-12-34-28-39(20-22-41(34)47)54-52(63)36-15-24-43(32(2)27-36)57-55-37-16-18-38(19-17-37)56-59-45-30-49(65-4)46(31-48(45)64-3)60-58-44-25-14-35-29-40(21-23-42(35)50(44)61)53-51(62)33-10-7-6-8-11-33/h6-25,27-31,61H,5,26H2,1-4H3,(H,53,62)(H,54,63). The first-order valence-corrected chi connectivity index (χ1v) is 21.0. The molecule has 0 aliphatic carbocycles. The van der Waals surface area contributed by atoms with Gasteiger partial charge in [-0.2, -0.15) is 15.3 Å². The van der Waals surface area contributed by atoms with Crippen molar-refractivity contribution in [2.45, 2.75) is 20.3 Å². The lowest BCUT2D eigenvalue weighted by molar-refractivity contribution is 0.101. The van der Waals surface area contributed by atoms with Crippen LogP contribution in [0.3, 0.4) is 0 Å². The molecule has 8 aromatic rings. The van der Waals surface area contributed by atoms with Gasteiger partial charge in [0.25, 0.3) is 11.8 Å². The molecule has 328 valence electrons. The van der Waals surface area contributed by atoms with Crippen molar-refractivity contribution in [1.29, 1.82) is 0 Å². The minimum absolute atomic E-state index is 0.0717. The van der Waals surface area contributed by atoms with E-state index in [2.05, 4.69) is 48.2 Å². The molecule has 8 aromatic carbocycles. The molecule has 3 N–H and O–H groups in total. The number of methoxy groups -OCH3 is 2. The molecular formula is C52H44N8O6. The maximum absolute atomic E-state index is 13.2. The summed E-state index contributed by atoms with van der Waals surface area (Å²) in [6.07, 6.45) is 0.920. The molecule has 0 unspecified atom stereocenters. The first-order valence-electron chi connectivity index (χ1n) is 21.0. The van der Waals surface area contributed by atoms with Crippen molar-refractivity contribution in [3.8, 4) is 23.0 Å². The Labute approximate surface area is 380 Å². The Morgan fingerprint density at radius 2 is 1.08 bits per heavy atom. The zero-order valence-electron chi connectivity index (χ0n) is 36.5. The van der Waals surface area contributed by atoms with Crippen LogP contribution in [0.5, 0.6) is 23.0 Å². The van der Waals surface area contributed by atoms with Crippen LogP contribution in [0, 0.1) is 6.92 Å². The summed E-state index contributed by atoms with van der Waals surface area (Å²) in [6, 6.07) is 44.8. The van der Waals surface area contributed by atoms with Gasteiger partial charge >= 0.3 is 0 Å². The molecule has 2 amide bonds. The molecule has 0 bridgehead atoms. The number of phenols is 1. The quantitative estimate of drug-likeness (QED) is 0.0862. The average Bonchev–Trinajstić information content (AvgIpc) is 3.34. The van der Waals surface area contributed by atoms with E-state index in [1.807, 2.05) is 49.4 Å². The van der Waals surface area contributed by atoms with Gasteiger partial charge in [0.1, 0.15) is 34.3 Å². The third-order valence-electron chi connectivity index (χ3n) is 10.4. The Morgan fingerprint density at radius 1 is 0.515 bits per heavy atom. The highest BCUT2D eigenvalue weighted by atomic mass is 16.5. The predicted molar refractivity (Wildman–Crippen MR) is 257 cm³/mol. The fraction of sp³-hybridized carbons (Fsp3) is 0.115. The number of hydrogen-bond acceptors (Lipinski definition) is 12. The van der Waals surface area contributed by atoms with Gasteiger partial charge < -0.3 is 30.0 Å². The molecular weight excluding hydrogens is 833 g/mol. The number of benzene rings is 8. The Kier molecular flexibility index (Phi) is 13.4. The maximum Gasteiger partial charge on any atom is 0.255 e. The summed E-state index contributed by atoms with van der Waals surface area (Å²) in [6.45, 7) is 4.59. The molecule has 0 aliphatic heterocycles. The number of amides is 2. The molecule has 0 atom stereocenters. The van der Waals surface area contributed by atoms with Crippen LogP contribution in [-0.4, -0.2) is 37.7 Å². The number of fused-ring (bicyclic) bond motifs is 2. The first-order chi connectivity index (χ1) is 32.2. The second kappa shape index (κ2) is 20.2. The predicted octanol–water partition coefficient (Wildman–Crippen LogP) is 14.6. The summed E-state index contributed by atoms with van der Waals surface area (Å²) in [5, 5.41) is 46.5. The lowest BCUT2D eigenvalue weighted by atomic mass is 10.1. The van der Waals surface area contributed by atoms with Crippen molar-refractivity contribution in [2.24, 2.45) is 30.7 Å². The molecule has 0 saturated carbocycles. The number of phenolic OH excluding ortho intramolecular Hbond substituents is 1. The number of azo groups is 3. The molecule has 14 nitrogen and oxygen atoms in total. The van der Waals surface area contributed by atoms with E-state index in [1.165, 1.54) is 14.2 Å². The van der Waals surface area contributed by atoms with Crippen molar-refractivity contribution in [1.82, 2.24) is 0 Å². The van der Waals surface area contributed by atoms with Crippen molar-refractivity contribution >= 4 is 78.9 Å². The Balaban J connectivity index is 0.898. The molecule has 0 aliphatic rings. The molecule has 14 heteroatoms.